The first-order valence-corrected chi connectivity index (χ1v) is 6.22. The van der Waals surface area contributed by atoms with E-state index in [1.807, 2.05) is 0 Å². The second-order valence-electron chi connectivity index (χ2n) is 4.28. The second kappa shape index (κ2) is 3.33. The molecule has 1 N–H and O–H groups in total. The van der Waals surface area contributed by atoms with Crippen LogP contribution in [-0.4, -0.2) is 22.6 Å². The summed E-state index contributed by atoms with van der Waals surface area (Å²) < 4.78 is 0. The smallest absolute Gasteiger partial charge is 0.0956 e. The monoisotopic (exact) mass is 209 g/mol. The highest BCUT2D eigenvalue weighted by Gasteiger charge is 2.35. The Morgan fingerprint density at radius 1 is 1.43 bits per heavy atom. The van der Waals surface area contributed by atoms with Gasteiger partial charge in [-0.05, 0) is 36.4 Å². The molecule has 3 heteroatoms. The molecule has 3 heterocycles. The van der Waals surface area contributed by atoms with Crippen molar-refractivity contribution in [3.8, 4) is 0 Å². The van der Waals surface area contributed by atoms with Crippen molar-refractivity contribution in [1.82, 2.24) is 4.90 Å². The lowest BCUT2D eigenvalue weighted by Crippen LogP contribution is -2.45. The Labute approximate surface area is 88.2 Å². The lowest BCUT2D eigenvalue weighted by molar-refractivity contribution is 0.00753. The molecule has 14 heavy (non-hydrogen) atoms. The number of piperidine rings is 1. The van der Waals surface area contributed by atoms with Crippen LogP contribution in [0.25, 0.3) is 0 Å². The molecule has 2 aliphatic heterocycles. The first kappa shape index (κ1) is 8.89. The van der Waals surface area contributed by atoms with E-state index in [2.05, 4.69) is 16.3 Å². The van der Waals surface area contributed by atoms with Crippen molar-refractivity contribution in [2.45, 2.75) is 38.0 Å². The first-order chi connectivity index (χ1) is 6.86. The molecule has 2 aliphatic rings. The minimum absolute atomic E-state index is 0.231. The summed E-state index contributed by atoms with van der Waals surface area (Å²) in [5.41, 5.74) is 1.19. The largest absolute Gasteiger partial charge is 0.387 e. The van der Waals surface area contributed by atoms with E-state index in [-0.39, 0.29) is 6.10 Å². The summed E-state index contributed by atoms with van der Waals surface area (Å²) in [6.45, 7) is 2.23. The number of aliphatic hydroxyl groups is 1. The van der Waals surface area contributed by atoms with Crippen LogP contribution >= 0.6 is 11.3 Å². The highest BCUT2D eigenvalue weighted by atomic mass is 32.1. The molecule has 2 nitrogen and oxygen atoms in total. The van der Waals surface area contributed by atoms with E-state index in [0.717, 1.165) is 13.0 Å². The molecule has 0 aliphatic carbocycles. The highest BCUT2D eigenvalue weighted by molar-refractivity contribution is 7.10. The molecular weight excluding hydrogens is 194 g/mol. The molecule has 0 bridgehead atoms. The van der Waals surface area contributed by atoms with Crippen LogP contribution < -0.4 is 0 Å². The van der Waals surface area contributed by atoms with Gasteiger partial charge < -0.3 is 5.11 Å². The minimum Gasteiger partial charge on any atom is -0.387 e. The highest BCUT2D eigenvalue weighted by Crippen LogP contribution is 2.38. The van der Waals surface area contributed by atoms with Crippen molar-refractivity contribution >= 4 is 11.3 Å². The fraction of sp³-hybridized carbons (Fsp3) is 0.636. The lowest BCUT2D eigenvalue weighted by atomic mass is 9.90. The lowest BCUT2D eigenvalue weighted by Gasteiger charge is -2.41. The Bertz CT molecular complexity index is 336. The van der Waals surface area contributed by atoms with Crippen molar-refractivity contribution in [3.05, 3.63) is 21.9 Å². The van der Waals surface area contributed by atoms with Gasteiger partial charge in [0.25, 0.3) is 0 Å². The van der Waals surface area contributed by atoms with Crippen LogP contribution in [0.1, 0.15) is 35.8 Å². The normalized spacial score (nSPS) is 32.4. The molecule has 1 aromatic heterocycles. The summed E-state index contributed by atoms with van der Waals surface area (Å²) in [6.07, 6.45) is 3.50. The molecule has 76 valence electrons. The molecular formula is C11H15NOS. The number of thiophene rings is 1. The molecule has 0 radical (unpaired) electrons. The topological polar surface area (TPSA) is 23.5 Å². The van der Waals surface area contributed by atoms with E-state index in [1.54, 1.807) is 11.3 Å². The summed E-state index contributed by atoms with van der Waals surface area (Å²) in [6, 6.07) is 2.49. The third-order valence-electron chi connectivity index (χ3n) is 3.47. The zero-order valence-corrected chi connectivity index (χ0v) is 8.96. The number of hydrogen-bond donors (Lipinski definition) is 1. The minimum atomic E-state index is -0.231. The molecule has 0 amide bonds. The Hall–Kier alpha value is -0.380. The van der Waals surface area contributed by atoms with Crippen LogP contribution in [0.2, 0.25) is 0 Å². The summed E-state index contributed by atoms with van der Waals surface area (Å²) in [5, 5.41) is 12.3. The third kappa shape index (κ3) is 1.23. The average molecular weight is 209 g/mol. The van der Waals surface area contributed by atoms with E-state index in [0.29, 0.717) is 6.04 Å². The number of fused-ring (bicyclic) bond motifs is 2. The fourth-order valence-corrected chi connectivity index (χ4v) is 3.65. The third-order valence-corrected chi connectivity index (χ3v) is 4.40. The zero-order chi connectivity index (χ0) is 9.54. The summed E-state index contributed by atoms with van der Waals surface area (Å²) >= 11 is 1.78. The van der Waals surface area contributed by atoms with Gasteiger partial charge in [0.15, 0.2) is 0 Å². The molecule has 0 aromatic carbocycles. The van der Waals surface area contributed by atoms with Gasteiger partial charge in [-0.25, -0.2) is 0 Å². The molecule has 3 rings (SSSR count). The molecule has 1 aromatic rings. The van der Waals surface area contributed by atoms with Gasteiger partial charge in [0.05, 0.1) is 6.10 Å². The maximum absolute atomic E-state index is 10.2. The van der Waals surface area contributed by atoms with Gasteiger partial charge in [-0.15, -0.1) is 11.3 Å². The summed E-state index contributed by atoms with van der Waals surface area (Å²) in [4.78, 5) is 3.82. The van der Waals surface area contributed by atoms with Crippen LogP contribution in [0.4, 0.5) is 0 Å². The van der Waals surface area contributed by atoms with Crippen LogP contribution in [0.5, 0.6) is 0 Å². The maximum Gasteiger partial charge on any atom is 0.0956 e. The van der Waals surface area contributed by atoms with Crippen LogP contribution in [0.15, 0.2) is 11.4 Å². The van der Waals surface area contributed by atoms with E-state index < -0.39 is 0 Å². The predicted molar refractivity (Wildman–Crippen MR) is 57.3 cm³/mol. The van der Waals surface area contributed by atoms with E-state index in [4.69, 9.17) is 0 Å². The summed E-state index contributed by atoms with van der Waals surface area (Å²) in [7, 11) is 0. The molecule has 1 fully saturated rings. The van der Waals surface area contributed by atoms with Gasteiger partial charge >= 0.3 is 0 Å². The van der Waals surface area contributed by atoms with E-state index in [1.165, 1.54) is 29.8 Å². The molecule has 1 saturated heterocycles. The standard InChI is InChI=1S/C11H15NOS/c13-11-8-4-6-14-10(8)7-12-5-2-1-3-9(11)12/h4,6,9,11,13H,1-3,5,7H2/t9-,11+/m0/s1. The SMILES string of the molecule is O[C@@H]1c2ccsc2CN2CCCC[C@@H]12. The van der Waals surface area contributed by atoms with Crippen molar-refractivity contribution in [2.24, 2.45) is 0 Å². The van der Waals surface area contributed by atoms with Gasteiger partial charge in [0, 0.05) is 17.5 Å². The fourth-order valence-electron chi connectivity index (χ4n) is 2.70. The van der Waals surface area contributed by atoms with Crippen LogP contribution in [0, 0.1) is 0 Å². The number of aliphatic hydroxyl groups excluding tert-OH is 1. The number of nitrogens with zero attached hydrogens (tertiary/aromatic N) is 1. The van der Waals surface area contributed by atoms with Crippen molar-refractivity contribution in [1.29, 1.82) is 0 Å². The second-order valence-corrected chi connectivity index (χ2v) is 5.28. The van der Waals surface area contributed by atoms with Gasteiger partial charge in [0.2, 0.25) is 0 Å². The Morgan fingerprint density at radius 2 is 2.36 bits per heavy atom. The zero-order valence-electron chi connectivity index (χ0n) is 8.15. The number of rotatable bonds is 0. The van der Waals surface area contributed by atoms with Gasteiger partial charge in [-0.1, -0.05) is 6.42 Å². The maximum atomic E-state index is 10.2. The van der Waals surface area contributed by atoms with Crippen molar-refractivity contribution < 1.29 is 5.11 Å². The average Bonchev–Trinajstić information content (AvgIpc) is 2.66. The first-order valence-electron chi connectivity index (χ1n) is 5.34. The Kier molecular flexibility index (Phi) is 2.11. The van der Waals surface area contributed by atoms with Crippen molar-refractivity contribution in [3.63, 3.8) is 0 Å². The number of hydrogen-bond acceptors (Lipinski definition) is 3. The van der Waals surface area contributed by atoms with E-state index >= 15 is 0 Å². The van der Waals surface area contributed by atoms with E-state index in [9.17, 15) is 5.11 Å². The summed E-state index contributed by atoms with van der Waals surface area (Å²) in [5.74, 6) is 0. The molecule has 2 atom stereocenters. The molecule has 0 unspecified atom stereocenters. The van der Waals surface area contributed by atoms with Gasteiger partial charge in [-0.2, -0.15) is 0 Å². The predicted octanol–water partition coefficient (Wildman–Crippen LogP) is 2.15. The quantitative estimate of drug-likeness (QED) is 0.707. The Morgan fingerprint density at radius 3 is 3.29 bits per heavy atom. The molecule has 0 spiro atoms. The van der Waals surface area contributed by atoms with Gasteiger partial charge in [-0.3, -0.25) is 4.90 Å². The van der Waals surface area contributed by atoms with Crippen molar-refractivity contribution in [2.75, 3.05) is 6.54 Å². The molecule has 0 saturated carbocycles. The van der Waals surface area contributed by atoms with Gasteiger partial charge in [0.1, 0.15) is 0 Å². The Balaban J connectivity index is 1.96. The van der Waals surface area contributed by atoms with Crippen LogP contribution in [-0.2, 0) is 6.54 Å². The van der Waals surface area contributed by atoms with Crippen LogP contribution in [0.3, 0.4) is 0 Å².